The van der Waals surface area contributed by atoms with Gasteiger partial charge < -0.3 is 10.8 Å². The minimum atomic E-state index is -0.459. The summed E-state index contributed by atoms with van der Waals surface area (Å²) in [6.45, 7) is 2.68. The van der Waals surface area contributed by atoms with Gasteiger partial charge in [-0.05, 0) is 25.1 Å². The van der Waals surface area contributed by atoms with Gasteiger partial charge in [0.25, 0.3) is 0 Å². The molecule has 2 atom stereocenters. The Kier molecular flexibility index (Phi) is 2.61. The largest absolute Gasteiger partial charge is 0.389 e. The third-order valence-corrected chi connectivity index (χ3v) is 3.62. The molecule has 2 unspecified atom stereocenters. The van der Waals surface area contributed by atoms with E-state index in [4.69, 9.17) is 5.73 Å². The van der Waals surface area contributed by atoms with Gasteiger partial charge in [-0.2, -0.15) is 11.8 Å². The summed E-state index contributed by atoms with van der Waals surface area (Å²) in [6.07, 6.45) is 1.66. The molecule has 3 heteroatoms. The van der Waals surface area contributed by atoms with Gasteiger partial charge in [0, 0.05) is 5.25 Å². The minimum Gasteiger partial charge on any atom is -0.389 e. The Hall–Kier alpha value is 0.270. The molecule has 10 heavy (non-hydrogen) atoms. The van der Waals surface area contributed by atoms with Crippen LogP contribution in [0, 0.1) is 0 Å². The van der Waals surface area contributed by atoms with Crippen molar-refractivity contribution in [3.05, 3.63) is 0 Å². The summed E-state index contributed by atoms with van der Waals surface area (Å²) in [6, 6.07) is 0. The molecular weight excluding hydrogens is 146 g/mol. The van der Waals surface area contributed by atoms with Gasteiger partial charge in [0.2, 0.25) is 0 Å². The first-order chi connectivity index (χ1) is 4.69. The lowest BCUT2D eigenvalue weighted by Crippen LogP contribution is -2.36. The number of thioether (sulfide) groups is 1. The summed E-state index contributed by atoms with van der Waals surface area (Å²) in [4.78, 5) is 0. The second-order valence-corrected chi connectivity index (χ2v) is 4.35. The third kappa shape index (κ3) is 1.47. The van der Waals surface area contributed by atoms with Crippen molar-refractivity contribution in [3.8, 4) is 0 Å². The molecule has 1 heterocycles. The maximum absolute atomic E-state index is 9.86. The number of hydrogen-bond acceptors (Lipinski definition) is 3. The monoisotopic (exact) mass is 161 g/mol. The van der Waals surface area contributed by atoms with Crippen molar-refractivity contribution in [2.75, 3.05) is 12.3 Å². The average Bonchev–Trinajstić information content (AvgIpc) is 2.15. The molecule has 0 spiro atoms. The smallest absolute Gasteiger partial charge is 0.0783 e. The molecule has 1 aliphatic rings. The fraction of sp³-hybridized carbons (Fsp3) is 1.00. The zero-order valence-corrected chi connectivity index (χ0v) is 7.16. The molecule has 0 amide bonds. The molecule has 0 radical (unpaired) electrons. The van der Waals surface area contributed by atoms with Gasteiger partial charge >= 0.3 is 0 Å². The Labute approximate surface area is 66.2 Å². The van der Waals surface area contributed by atoms with Crippen molar-refractivity contribution < 1.29 is 5.11 Å². The van der Waals surface area contributed by atoms with Crippen molar-refractivity contribution in [1.82, 2.24) is 0 Å². The third-order valence-electron chi connectivity index (χ3n) is 2.24. The molecule has 60 valence electrons. The van der Waals surface area contributed by atoms with Crippen LogP contribution in [0.5, 0.6) is 0 Å². The highest BCUT2D eigenvalue weighted by Crippen LogP contribution is 2.37. The predicted octanol–water partition coefficient (Wildman–Crippen LogP) is 0.592. The van der Waals surface area contributed by atoms with E-state index in [0.29, 0.717) is 11.8 Å². The Morgan fingerprint density at radius 3 is 2.90 bits per heavy atom. The van der Waals surface area contributed by atoms with Crippen LogP contribution in [0.15, 0.2) is 0 Å². The molecule has 1 saturated heterocycles. The lowest BCUT2D eigenvalue weighted by Gasteiger charge is -2.25. The molecule has 0 aromatic carbocycles. The van der Waals surface area contributed by atoms with E-state index >= 15 is 0 Å². The van der Waals surface area contributed by atoms with Crippen LogP contribution in [-0.4, -0.2) is 28.3 Å². The van der Waals surface area contributed by atoms with Crippen LogP contribution in [0.3, 0.4) is 0 Å². The first-order valence-corrected chi connectivity index (χ1v) is 4.78. The number of nitrogens with two attached hydrogens (primary N) is 1. The SMILES string of the molecule is CC1SCCC1(O)CCN. The lowest BCUT2D eigenvalue weighted by molar-refractivity contribution is 0.0397. The van der Waals surface area contributed by atoms with Crippen LogP contribution >= 0.6 is 11.8 Å². The molecule has 0 bridgehead atoms. The van der Waals surface area contributed by atoms with E-state index in [0.717, 1.165) is 18.6 Å². The van der Waals surface area contributed by atoms with Gasteiger partial charge in [0.1, 0.15) is 0 Å². The molecule has 1 rings (SSSR count). The van der Waals surface area contributed by atoms with E-state index in [1.54, 1.807) is 0 Å². The van der Waals surface area contributed by atoms with Gasteiger partial charge in [-0.25, -0.2) is 0 Å². The summed E-state index contributed by atoms with van der Waals surface area (Å²) in [7, 11) is 0. The van der Waals surface area contributed by atoms with Gasteiger partial charge in [0.05, 0.1) is 5.60 Å². The minimum absolute atomic E-state index is 0.371. The molecule has 0 aromatic heterocycles. The number of hydrogen-bond donors (Lipinski definition) is 2. The van der Waals surface area contributed by atoms with E-state index in [-0.39, 0.29) is 0 Å². The second-order valence-electron chi connectivity index (χ2n) is 2.91. The number of aliphatic hydroxyl groups is 1. The first-order valence-electron chi connectivity index (χ1n) is 3.73. The van der Waals surface area contributed by atoms with Gasteiger partial charge in [0.15, 0.2) is 0 Å². The fourth-order valence-corrected chi connectivity index (χ4v) is 2.72. The van der Waals surface area contributed by atoms with Crippen LogP contribution in [0.1, 0.15) is 19.8 Å². The summed E-state index contributed by atoms with van der Waals surface area (Å²) in [5.74, 6) is 1.08. The molecule has 0 aromatic rings. The Bertz CT molecular complexity index is 120. The predicted molar refractivity (Wildman–Crippen MR) is 45.2 cm³/mol. The zero-order chi connectivity index (χ0) is 7.61. The fourth-order valence-electron chi connectivity index (χ4n) is 1.35. The quantitative estimate of drug-likeness (QED) is 0.623. The van der Waals surface area contributed by atoms with Crippen molar-refractivity contribution in [2.24, 2.45) is 5.73 Å². The second kappa shape index (κ2) is 3.11. The van der Waals surface area contributed by atoms with Crippen molar-refractivity contribution in [2.45, 2.75) is 30.6 Å². The van der Waals surface area contributed by atoms with Crippen LogP contribution in [0.2, 0.25) is 0 Å². The zero-order valence-electron chi connectivity index (χ0n) is 6.34. The molecule has 2 nitrogen and oxygen atoms in total. The van der Waals surface area contributed by atoms with Gasteiger partial charge in [-0.1, -0.05) is 6.92 Å². The standard InChI is InChI=1S/C7H15NOS/c1-6-7(9,2-4-8)3-5-10-6/h6,9H,2-5,8H2,1H3. The van der Waals surface area contributed by atoms with Crippen molar-refractivity contribution >= 4 is 11.8 Å². The summed E-state index contributed by atoms with van der Waals surface area (Å²) < 4.78 is 0. The molecule has 3 N–H and O–H groups in total. The van der Waals surface area contributed by atoms with Crippen molar-refractivity contribution in [3.63, 3.8) is 0 Å². The normalized spacial score (nSPS) is 40.5. The average molecular weight is 161 g/mol. The Morgan fingerprint density at radius 2 is 2.50 bits per heavy atom. The van der Waals surface area contributed by atoms with Gasteiger partial charge in [-0.15, -0.1) is 0 Å². The molecular formula is C7H15NOS. The molecule has 0 saturated carbocycles. The molecule has 1 aliphatic heterocycles. The van der Waals surface area contributed by atoms with E-state index < -0.39 is 5.60 Å². The maximum atomic E-state index is 9.86. The number of rotatable bonds is 2. The van der Waals surface area contributed by atoms with Crippen LogP contribution in [0.4, 0.5) is 0 Å². The maximum Gasteiger partial charge on any atom is 0.0783 e. The van der Waals surface area contributed by atoms with Crippen LogP contribution in [-0.2, 0) is 0 Å². The van der Waals surface area contributed by atoms with E-state index in [1.165, 1.54) is 0 Å². The highest BCUT2D eigenvalue weighted by molar-refractivity contribution is 8.00. The van der Waals surface area contributed by atoms with E-state index in [1.807, 2.05) is 11.8 Å². The summed E-state index contributed by atoms with van der Waals surface area (Å²) in [5.41, 5.74) is 4.93. The van der Waals surface area contributed by atoms with Crippen LogP contribution < -0.4 is 5.73 Å². The Balaban J connectivity index is 2.48. The summed E-state index contributed by atoms with van der Waals surface area (Å²) in [5, 5.41) is 10.2. The van der Waals surface area contributed by atoms with Crippen molar-refractivity contribution in [1.29, 1.82) is 0 Å². The van der Waals surface area contributed by atoms with Gasteiger partial charge in [-0.3, -0.25) is 0 Å². The molecule has 1 fully saturated rings. The highest BCUT2D eigenvalue weighted by atomic mass is 32.2. The Morgan fingerprint density at radius 1 is 1.80 bits per heavy atom. The topological polar surface area (TPSA) is 46.2 Å². The first kappa shape index (κ1) is 8.37. The summed E-state index contributed by atoms with van der Waals surface area (Å²) >= 11 is 1.84. The van der Waals surface area contributed by atoms with Crippen LogP contribution in [0.25, 0.3) is 0 Å². The van der Waals surface area contributed by atoms with E-state index in [9.17, 15) is 5.11 Å². The van der Waals surface area contributed by atoms with E-state index in [2.05, 4.69) is 6.92 Å². The lowest BCUT2D eigenvalue weighted by atomic mass is 9.94. The molecule has 0 aliphatic carbocycles. The highest BCUT2D eigenvalue weighted by Gasteiger charge is 2.37.